The summed E-state index contributed by atoms with van der Waals surface area (Å²) in [6, 6.07) is 0. The third-order valence-corrected chi connectivity index (χ3v) is 3.97. The van der Waals surface area contributed by atoms with Gasteiger partial charge in [0.1, 0.15) is 24.4 Å². The molecule has 20 heavy (non-hydrogen) atoms. The minimum absolute atomic E-state index is 0.321. The molecule has 3 aliphatic heterocycles. The van der Waals surface area contributed by atoms with Crippen LogP contribution < -0.4 is 0 Å². The zero-order chi connectivity index (χ0) is 14.7. The lowest BCUT2D eigenvalue weighted by molar-refractivity contribution is -0.201. The standard InChI is InChI=1S/C11H15Cl3O6/c1-10(2)16-3-4(20-10)6-5(15)7-8(17-6)19-9(18-7)11(12,13)14/h4-9,15H,3H2,1-2H3/t4-,5+,6-,7-,8-,9+/m1/s1. The lowest BCUT2D eigenvalue weighted by Gasteiger charge is -2.25. The number of hydrogen-bond acceptors (Lipinski definition) is 6. The van der Waals surface area contributed by atoms with Crippen molar-refractivity contribution in [2.45, 2.75) is 60.4 Å². The summed E-state index contributed by atoms with van der Waals surface area (Å²) in [6.07, 6.45) is -4.53. The Hall–Kier alpha value is 0.630. The average Bonchev–Trinajstić information content (AvgIpc) is 2.93. The second-order valence-electron chi connectivity index (χ2n) is 5.44. The summed E-state index contributed by atoms with van der Waals surface area (Å²) in [5.41, 5.74) is 0. The van der Waals surface area contributed by atoms with Crippen molar-refractivity contribution in [3.63, 3.8) is 0 Å². The van der Waals surface area contributed by atoms with Crippen LogP contribution in [0.4, 0.5) is 0 Å². The Morgan fingerprint density at radius 2 is 1.80 bits per heavy atom. The van der Waals surface area contributed by atoms with Crippen LogP contribution in [0, 0.1) is 0 Å². The van der Waals surface area contributed by atoms with Crippen molar-refractivity contribution in [2.75, 3.05) is 6.61 Å². The number of fused-ring (bicyclic) bond motifs is 1. The van der Waals surface area contributed by atoms with E-state index in [0.717, 1.165) is 0 Å². The van der Waals surface area contributed by atoms with E-state index in [2.05, 4.69) is 0 Å². The maximum absolute atomic E-state index is 10.3. The van der Waals surface area contributed by atoms with E-state index in [-0.39, 0.29) is 0 Å². The third-order valence-electron chi connectivity index (χ3n) is 3.44. The molecule has 3 rings (SSSR count). The summed E-state index contributed by atoms with van der Waals surface area (Å²) in [7, 11) is 0. The van der Waals surface area contributed by atoms with Gasteiger partial charge in [0.25, 0.3) is 0 Å². The van der Waals surface area contributed by atoms with Crippen molar-refractivity contribution in [3.8, 4) is 0 Å². The van der Waals surface area contributed by atoms with Gasteiger partial charge in [-0.1, -0.05) is 34.8 Å². The summed E-state index contributed by atoms with van der Waals surface area (Å²) < 4.78 is 25.8. The Kier molecular flexibility index (Phi) is 3.94. The molecule has 0 aliphatic carbocycles. The molecule has 0 saturated carbocycles. The molecular formula is C11H15Cl3O6. The molecular weight excluding hydrogens is 334 g/mol. The fraction of sp³-hybridized carbons (Fsp3) is 1.00. The molecule has 0 aromatic carbocycles. The van der Waals surface area contributed by atoms with Crippen LogP contribution in [0.25, 0.3) is 0 Å². The molecule has 116 valence electrons. The minimum atomic E-state index is -1.74. The number of halogens is 3. The Balaban J connectivity index is 1.65. The summed E-state index contributed by atoms with van der Waals surface area (Å²) in [6.45, 7) is 3.91. The fourth-order valence-corrected chi connectivity index (χ4v) is 2.86. The molecule has 0 radical (unpaired) electrons. The molecule has 0 amide bonds. The third kappa shape index (κ3) is 2.78. The Bertz CT molecular complexity index is 387. The van der Waals surface area contributed by atoms with Gasteiger partial charge >= 0.3 is 0 Å². The first-order valence-electron chi connectivity index (χ1n) is 6.20. The van der Waals surface area contributed by atoms with Crippen molar-refractivity contribution in [3.05, 3.63) is 0 Å². The molecule has 0 spiro atoms. The lowest BCUT2D eigenvalue weighted by atomic mass is 10.1. The monoisotopic (exact) mass is 348 g/mol. The van der Waals surface area contributed by atoms with E-state index < -0.39 is 46.6 Å². The molecule has 6 atom stereocenters. The molecule has 0 aromatic rings. The SMILES string of the molecule is CC1(C)OC[C@H]([C@H]2O[C@@H]3O[C@@H](C(Cl)(Cl)Cl)O[C@@H]3[C@H]2O)O1. The summed E-state index contributed by atoms with van der Waals surface area (Å²) in [5.74, 6) is -0.701. The van der Waals surface area contributed by atoms with Gasteiger partial charge in [-0.3, -0.25) is 0 Å². The summed E-state index contributed by atoms with van der Waals surface area (Å²) in [4.78, 5) is 0. The molecule has 9 heteroatoms. The van der Waals surface area contributed by atoms with Gasteiger partial charge in [0.05, 0.1) is 6.61 Å². The van der Waals surface area contributed by atoms with E-state index in [1.807, 2.05) is 0 Å². The Morgan fingerprint density at radius 3 is 2.30 bits per heavy atom. The summed E-state index contributed by atoms with van der Waals surface area (Å²) >= 11 is 17.1. The molecule has 0 aromatic heterocycles. The van der Waals surface area contributed by atoms with Gasteiger partial charge in [-0.15, -0.1) is 0 Å². The molecule has 1 N–H and O–H groups in total. The van der Waals surface area contributed by atoms with Crippen LogP contribution in [0.1, 0.15) is 13.8 Å². The van der Waals surface area contributed by atoms with Crippen molar-refractivity contribution >= 4 is 34.8 Å². The zero-order valence-corrected chi connectivity index (χ0v) is 13.1. The maximum atomic E-state index is 10.3. The molecule has 3 saturated heterocycles. The Morgan fingerprint density at radius 1 is 1.10 bits per heavy atom. The fourth-order valence-electron chi connectivity index (χ4n) is 2.55. The van der Waals surface area contributed by atoms with Crippen LogP contribution >= 0.6 is 34.8 Å². The number of hydrogen-bond donors (Lipinski definition) is 1. The van der Waals surface area contributed by atoms with Gasteiger partial charge in [-0.05, 0) is 13.8 Å². The normalized spacial score (nSPS) is 47.7. The van der Waals surface area contributed by atoms with Crippen molar-refractivity contribution in [2.24, 2.45) is 0 Å². The lowest BCUT2D eigenvalue weighted by Crippen LogP contribution is -2.42. The number of aliphatic hydroxyl groups excluding tert-OH is 1. The second-order valence-corrected chi connectivity index (χ2v) is 7.81. The number of ether oxygens (including phenoxy) is 5. The Labute approximate surface area is 131 Å². The molecule has 0 bridgehead atoms. The second kappa shape index (κ2) is 5.08. The number of aliphatic hydroxyl groups is 1. The van der Waals surface area contributed by atoms with Gasteiger partial charge in [0, 0.05) is 0 Å². The average molecular weight is 350 g/mol. The maximum Gasteiger partial charge on any atom is 0.241 e. The summed E-state index contributed by atoms with van der Waals surface area (Å²) in [5, 5.41) is 10.3. The highest BCUT2D eigenvalue weighted by Crippen LogP contribution is 2.43. The predicted octanol–water partition coefficient (Wildman–Crippen LogP) is 1.34. The van der Waals surface area contributed by atoms with Gasteiger partial charge in [0.2, 0.25) is 10.1 Å². The number of rotatable bonds is 1. The molecule has 3 aliphatic rings. The van der Waals surface area contributed by atoms with Gasteiger partial charge in [0.15, 0.2) is 12.1 Å². The van der Waals surface area contributed by atoms with Crippen molar-refractivity contribution < 1.29 is 28.8 Å². The highest BCUT2D eigenvalue weighted by atomic mass is 35.6. The smallest absolute Gasteiger partial charge is 0.241 e. The van der Waals surface area contributed by atoms with Crippen LogP contribution in [0.15, 0.2) is 0 Å². The first kappa shape index (κ1) is 15.5. The van der Waals surface area contributed by atoms with E-state index >= 15 is 0 Å². The van der Waals surface area contributed by atoms with E-state index in [1.165, 1.54) is 0 Å². The van der Waals surface area contributed by atoms with Crippen LogP contribution in [0.3, 0.4) is 0 Å². The van der Waals surface area contributed by atoms with E-state index in [9.17, 15) is 5.11 Å². The quantitative estimate of drug-likeness (QED) is 0.721. The molecule has 6 nitrogen and oxygen atoms in total. The topological polar surface area (TPSA) is 66.4 Å². The first-order chi connectivity index (χ1) is 9.17. The van der Waals surface area contributed by atoms with Gasteiger partial charge in [-0.25, -0.2) is 0 Å². The predicted molar refractivity (Wildman–Crippen MR) is 69.6 cm³/mol. The highest BCUT2D eigenvalue weighted by Gasteiger charge is 2.58. The van der Waals surface area contributed by atoms with Gasteiger partial charge < -0.3 is 28.8 Å². The van der Waals surface area contributed by atoms with Crippen LogP contribution in [-0.2, 0) is 23.7 Å². The highest BCUT2D eigenvalue weighted by molar-refractivity contribution is 6.67. The molecule has 3 fully saturated rings. The van der Waals surface area contributed by atoms with E-state index in [1.54, 1.807) is 13.8 Å². The van der Waals surface area contributed by atoms with Crippen molar-refractivity contribution in [1.29, 1.82) is 0 Å². The largest absolute Gasteiger partial charge is 0.387 e. The zero-order valence-electron chi connectivity index (χ0n) is 10.8. The van der Waals surface area contributed by atoms with Crippen LogP contribution in [-0.4, -0.2) is 58.3 Å². The number of alkyl halides is 3. The first-order valence-corrected chi connectivity index (χ1v) is 7.34. The van der Waals surface area contributed by atoms with Crippen LogP contribution in [0.5, 0.6) is 0 Å². The van der Waals surface area contributed by atoms with Crippen molar-refractivity contribution in [1.82, 2.24) is 0 Å². The van der Waals surface area contributed by atoms with E-state index in [4.69, 9.17) is 58.5 Å². The van der Waals surface area contributed by atoms with E-state index in [0.29, 0.717) is 6.61 Å². The van der Waals surface area contributed by atoms with Gasteiger partial charge in [-0.2, -0.15) is 0 Å². The minimum Gasteiger partial charge on any atom is -0.387 e. The van der Waals surface area contributed by atoms with Crippen LogP contribution in [0.2, 0.25) is 0 Å². The molecule has 0 unspecified atom stereocenters. The molecule has 3 heterocycles.